The summed E-state index contributed by atoms with van der Waals surface area (Å²) in [5.41, 5.74) is 2.17. The Kier molecular flexibility index (Phi) is 7.06. The number of carbonyl (C=O) groups excluding carboxylic acids is 1. The van der Waals surface area contributed by atoms with Crippen LogP contribution in [0.1, 0.15) is 46.6 Å². The Labute approximate surface area is 209 Å². The van der Waals surface area contributed by atoms with Crippen molar-refractivity contribution in [2.45, 2.75) is 53.7 Å². The minimum atomic E-state index is -0.597. The second kappa shape index (κ2) is 10.2. The van der Waals surface area contributed by atoms with Crippen molar-refractivity contribution < 1.29 is 18.8 Å². The van der Waals surface area contributed by atoms with Crippen molar-refractivity contribution in [3.8, 4) is 34.7 Å². The highest BCUT2D eigenvalue weighted by Crippen LogP contribution is 2.29. The smallest absolute Gasteiger partial charge is 0.311 e. The lowest BCUT2D eigenvalue weighted by Crippen LogP contribution is -2.28. The normalized spacial score (nSPS) is 11.6. The van der Waals surface area contributed by atoms with Gasteiger partial charge < -0.3 is 14.0 Å². The number of nitriles is 1. The Morgan fingerprint density at radius 1 is 1.19 bits per heavy atom. The van der Waals surface area contributed by atoms with Gasteiger partial charge in [-0.15, -0.1) is 0 Å². The fourth-order valence-electron chi connectivity index (χ4n) is 3.78. The van der Waals surface area contributed by atoms with Gasteiger partial charge in [0.25, 0.3) is 5.89 Å². The molecule has 0 aliphatic rings. The predicted molar refractivity (Wildman–Crippen MR) is 134 cm³/mol. The minimum Gasteiger partial charge on any atom is -0.490 e. The monoisotopic (exact) mass is 487 g/mol. The number of rotatable bonds is 9. The maximum atomic E-state index is 12.2. The molecule has 0 saturated carbocycles. The van der Waals surface area contributed by atoms with Gasteiger partial charge in [-0.25, -0.2) is 0 Å². The molecule has 9 nitrogen and oxygen atoms in total. The van der Waals surface area contributed by atoms with Crippen LogP contribution in [-0.2, 0) is 16.1 Å². The fraction of sp³-hybridized carbons (Fsp3) is 0.370. The van der Waals surface area contributed by atoms with Crippen LogP contribution >= 0.6 is 0 Å². The van der Waals surface area contributed by atoms with Crippen molar-refractivity contribution >= 4 is 16.9 Å². The van der Waals surface area contributed by atoms with E-state index < -0.39 is 5.41 Å². The summed E-state index contributed by atoms with van der Waals surface area (Å²) >= 11 is 0. The number of aromatic nitrogens is 4. The first-order chi connectivity index (χ1) is 17.2. The minimum absolute atomic E-state index is 0.0405. The van der Waals surface area contributed by atoms with Crippen LogP contribution in [0.2, 0.25) is 0 Å². The molecule has 2 aromatic carbocycles. The van der Waals surface area contributed by atoms with Gasteiger partial charge in [-0.1, -0.05) is 5.16 Å². The molecule has 0 fully saturated rings. The molecule has 2 heterocycles. The molecule has 0 spiro atoms. The first-order valence-electron chi connectivity index (χ1n) is 11.9. The van der Waals surface area contributed by atoms with Gasteiger partial charge >= 0.3 is 5.97 Å². The van der Waals surface area contributed by atoms with Gasteiger partial charge in [0.15, 0.2) is 0 Å². The molecule has 0 bridgehead atoms. The average Bonchev–Trinajstić information content (AvgIpc) is 3.50. The number of benzene rings is 2. The van der Waals surface area contributed by atoms with Crippen LogP contribution in [0, 0.1) is 16.7 Å². The second-order valence-corrected chi connectivity index (χ2v) is 9.41. The molecule has 186 valence electrons. The molecule has 0 aliphatic carbocycles. The third-order valence-electron chi connectivity index (χ3n) is 5.81. The Hall–Kier alpha value is -4.19. The largest absolute Gasteiger partial charge is 0.490 e. The molecule has 0 aliphatic heterocycles. The van der Waals surface area contributed by atoms with E-state index in [1.165, 1.54) is 0 Å². The molecule has 2 aromatic heterocycles. The van der Waals surface area contributed by atoms with E-state index in [0.717, 1.165) is 16.5 Å². The summed E-state index contributed by atoms with van der Waals surface area (Å²) in [5.74, 6) is 1.06. The van der Waals surface area contributed by atoms with Crippen molar-refractivity contribution in [3.63, 3.8) is 0 Å². The summed E-state index contributed by atoms with van der Waals surface area (Å²) in [4.78, 5) is 16.7. The van der Waals surface area contributed by atoms with Gasteiger partial charge in [-0.05, 0) is 77.4 Å². The fourth-order valence-corrected chi connectivity index (χ4v) is 3.78. The lowest BCUT2D eigenvalue weighted by Gasteiger charge is -2.22. The van der Waals surface area contributed by atoms with Gasteiger partial charge in [-0.2, -0.15) is 15.3 Å². The maximum absolute atomic E-state index is 12.2. The Morgan fingerprint density at radius 2 is 1.97 bits per heavy atom. The summed E-state index contributed by atoms with van der Waals surface area (Å²) in [5, 5.41) is 19.0. The first-order valence-corrected chi connectivity index (χ1v) is 11.9. The molecule has 4 aromatic rings. The van der Waals surface area contributed by atoms with Gasteiger partial charge in [0.1, 0.15) is 11.8 Å². The standard InChI is InChI=1S/C27H29N5O4/c1-6-34-26(33)27(4,5)11-12-32-22-9-7-18(13-21(22)16-29-32)24-30-25(36-31-24)19-8-10-23(35-17(2)3)20(14-19)15-28/h7-10,13-14,16-17H,6,11-12H2,1-5H3. The van der Waals surface area contributed by atoms with E-state index in [0.29, 0.717) is 48.2 Å². The van der Waals surface area contributed by atoms with E-state index in [9.17, 15) is 10.1 Å². The highest BCUT2D eigenvalue weighted by molar-refractivity contribution is 5.83. The number of nitrogens with zero attached hydrogens (tertiary/aromatic N) is 5. The highest BCUT2D eigenvalue weighted by Gasteiger charge is 2.29. The zero-order valence-electron chi connectivity index (χ0n) is 21.1. The molecular weight excluding hydrogens is 458 g/mol. The van der Waals surface area contributed by atoms with E-state index in [1.807, 2.05) is 50.6 Å². The van der Waals surface area contributed by atoms with E-state index in [1.54, 1.807) is 31.3 Å². The lowest BCUT2D eigenvalue weighted by molar-refractivity contribution is -0.153. The molecule has 0 unspecified atom stereocenters. The second-order valence-electron chi connectivity index (χ2n) is 9.41. The summed E-state index contributed by atoms with van der Waals surface area (Å²) in [6.07, 6.45) is 2.34. The first kappa shape index (κ1) is 24.9. The van der Waals surface area contributed by atoms with Gasteiger partial charge in [-0.3, -0.25) is 9.48 Å². The number of hydrogen-bond donors (Lipinski definition) is 0. The van der Waals surface area contributed by atoms with E-state index in [4.69, 9.17) is 14.0 Å². The molecule has 0 amide bonds. The molecule has 4 rings (SSSR count). The third-order valence-corrected chi connectivity index (χ3v) is 5.81. The Balaban J connectivity index is 1.53. The molecule has 0 N–H and O–H groups in total. The van der Waals surface area contributed by atoms with Crippen molar-refractivity contribution in [1.29, 1.82) is 5.26 Å². The van der Waals surface area contributed by atoms with Crippen molar-refractivity contribution in [3.05, 3.63) is 48.2 Å². The summed E-state index contributed by atoms with van der Waals surface area (Å²) in [7, 11) is 0. The Bertz CT molecular complexity index is 1430. The van der Waals surface area contributed by atoms with Crippen LogP contribution < -0.4 is 4.74 Å². The maximum Gasteiger partial charge on any atom is 0.311 e. The Morgan fingerprint density at radius 3 is 2.69 bits per heavy atom. The molecule has 0 atom stereocenters. The lowest BCUT2D eigenvalue weighted by atomic mass is 9.89. The van der Waals surface area contributed by atoms with Crippen LogP contribution in [0.4, 0.5) is 0 Å². The van der Waals surface area contributed by atoms with E-state index >= 15 is 0 Å². The number of esters is 1. The topological polar surface area (TPSA) is 116 Å². The van der Waals surface area contributed by atoms with Crippen LogP contribution in [0.3, 0.4) is 0 Å². The van der Waals surface area contributed by atoms with Crippen molar-refractivity contribution in [1.82, 2.24) is 19.9 Å². The van der Waals surface area contributed by atoms with E-state index in [2.05, 4.69) is 21.3 Å². The third kappa shape index (κ3) is 5.23. The zero-order valence-corrected chi connectivity index (χ0v) is 21.1. The quantitative estimate of drug-likeness (QED) is 0.288. The van der Waals surface area contributed by atoms with Gasteiger partial charge in [0.05, 0.1) is 35.4 Å². The molecule has 9 heteroatoms. The van der Waals surface area contributed by atoms with Crippen molar-refractivity contribution in [2.24, 2.45) is 5.41 Å². The molecular formula is C27H29N5O4. The van der Waals surface area contributed by atoms with Gasteiger partial charge in [0.2, 0.25) is 5.82 Å². The zero-order chi connectivity index (χ0) is 25.9. The molecule has 0 saturated heterocycles. The van der Waals surface area contributed by atoms with E-state index in [-0.39, 0.29) is 12.1 Å². The highest BCUT2D eigenvalue weighted by atomic mass is 16.5. The van der Waals surface area contributed by atoms with Crippen LogP contribution in [0.5, 0.6) is 5.75 Å². The number of hydrogen-bond acceptors (Lipinski definition) is 8. The predicted octanol–water partition coefficient (Wildman–Crippen LogP) is 5.39. The molecule has 36 heavy (non-hydrogen) atoms. The number of carbonyl (C=O) groups is 1. The average molecular weight is 488 g/mol. The van der Waals surface area contributed by atoms with Crippen LogP contribution in [0.15, 0.2) is 47.1 Å². The van der Waals surface area contributed by atoms with Crippen molar-refractivity contribution in [2.75, 3.05) is 6.61 Å². The molecule has 0 radical (unpaired) electrons. The van der Waals surface area contributed by atoms with Gasteiger partial charge in [0, 0.05) is 23.1 Å². The van der Waals surface area contributed by atoms with Crippen LogP contribution in [0.25, 0.3) is 33.7 Å². The summed E-state index contributed by atoms with van der Waals surface area (Å²) in [6, 6.07) is 13.2. The van der Waals surface area contributed by atoms with Crippen LogP contribution in [-0.4, -0.2) is 38.6 Å². The number of fused-ring (bicyclic) bond motifs is 1. The summed E-state index contributed by atoms with van der Waals surface area (Å²) < 4.78 is 18.2. The number of ether oxygens (including phenoxy) is 2. The number of aryl methyl sites for hydroxylation is 1. The summed E-state index contributed by atoms with van der Waals surface area (Å²) in [6.45, 7) is 10.3. The SMILES string of the molecule is CCOC(=O)C(C)(C)CCn1ncc2cc(-c3noc(-c4ccc(OC(C)C)c(C#N)c4)n3)ccc21.